The molecule has 48 valence electrons. The van der Waals surface area contributed by atoms with E-state index in [1.165, 1.54) is 6.42 Å². The maximum absolute atomic E-state index is 11.0. The van der Waals surface area contributed by atoms with Crippen LogP contribution in [0.15, 0.2) is 0 Å². The van der Waals surface area contributed by atoms with Crippen LogP contribution in [0.1, 0.15) is 19.3 Å². The van der Waals surface area contributed by atoms with Gasteiger partial charge in [-0.2, -0.15) is 0 Å². The lowest BCUT2D eigenvalue weighted by Gasteiger charge is -2.25. The Labute approximate surface area is 65.1 Å². The monoisotopic (exact) mass is 260 g/mol. The first-order chi connectivity index (χ1) is 3.61. The molecule has 1 aliphatic rings. The number of hydrogen-bond acceptors (Lipinski definition) is 1. The summed E-state index contributed by atoms with van der Waals surface area (Å²) >= 11 is 6.26. The van der Waals surface area contributed by atoms with Crippen LogP contribution in [0.2, 0.25) is 0 Å². The van der Waals surface area contributed by atoms with Gasteiger partial charge >= 0.3 is 0 Å². The largest absolute Gasteiger partial charge is 0.299 e. The summed E-state index contributed by atoms with van der Waals surface area (Å²) in [4.78, 5) is 0. The first kappa shape index (κ1) is 7.30. The molecule has 0 aromatic rings. The second kappa shape index (κ2) is 2.43. The number of halogens is 2. The summed E-state index contributed by atoms with van der Waals surface area (Å²) in [5.41, 5.74) is 0.419. The van der Waals surface area contributed by atoms with E-state index in [2.05, 4.69) is 31.0 Å². The van der Waals surface area contributed by atoms with E-state index >= 15 is 0 Å². The molecule has 0 spiro atoms. The van der Waals surface area contributed by atoms with E-state index in [9.17, 15) is 4.57 Å². The van der Waals surface area contributed by atoms with Crippen molar-refractivity contribution in [3.63, 3.8) is 0 Å². The normalized spacial score (nSPS) is 22.8. The fourth-order valence-corrected chi connectivity index (χ4v) is 4.11. The summed E-state index contributed by atoms with van der Waals surface area (Å²) in [6.45, 7) is 0. The topological polar surface area (TPSA) is 17.1 Å². The summed E-state index contributed by atoms with van der Waals surface area (Å²) in [6.07, 6.45) is 3.48. The van der Waals surface area contributed by atoms with E-state index in [1.54, 1.807) is 0 Å². The van der Waals surface area contributed by atoms with Crippen molar-refractivity contribution >= 4 is 35.5 Å². The highest BCUT2D eigenvalue weighted by Crippen LogP contribution is 2.69. The molecule has 0 atom stereocenters. The SMILES string of the molecule is O=P(Br)(Br)C1CCC1. The van der Waals surface area contributed by atoms with E-state index in [1.807, 2.05) is 0 Å². The Hall–Kier alpha value is 1.19. The average molecular weight is 262 g/mol. The summed E-state index contributed by atoms with van der Waals surface area (Å²) < 4.78 is 8.99. The quantitative estimate of drug-likeness (QED) is 0.660. The van der Waals surface area contributed by atoms with Crippen molar-refractivity contribution in [2.45, 2.75) is 24.9 Å². The third kappa shape index (κ3) is 1.58. The first-order valence-electron chi connectivity index (χ1n) is 2.60. The minimum Gasteiger partial charge on any atom is -0.299 e. The summed E-state index contributed by atoms with van der Waals surface area (Å²) in [7, 11) is 0. The van der Waals surface area contributed by atoms with Crippen LogP contribution in [0, 0.1) is 0 Å². The fourth-order valence-electron chi connectivity index (χ4n) is 0.687. The Morgan fingerprint density at radius 3 is 1.88 bits per heavy atom. The van der Waals surface area contributed by atoms with Crippen LogP contribution in [-0.4, -0.2) is 5.66 Å². The van der Waals surface area contributed by atoms with Gasteiger partial charge in [0, 0.05) is 5.66 Å². The molecule has 8 heavy (non-hydrogen) atoms. The van der Waals surface area contributed by atoms with Gasteiger partial charge in [-0.3, -0.25) is 4.57 Å². The zero-order valence-corrected chi connectivity index (χ0v) is 8.38. The van der Waals surface area contributed by atoms with Crippen molar-refractivity contribution in [1.29, 1.82) is 0 Å². The van der Waals surface area contributed by atoms with Gasteiger partial charge < -0.3 is 0 Å². The Bertz CT molecular complexity index is 126. The van der Waals surface area contributed by atoms with Gasteiger partial charge in [-0.05, 0) is 43.8 Å². The Morgan fingerprint density at radius 2 is 1.88 bits per heavy atom. The molecule has 0 aromatic carbocycles. The molecule has 0 amide bonds. The minimum atomic E-state index is -2.04. The summed E-state index contributed by atoms with van der Waals surface area (Å²) in [5, 5.41) is 0. The standard InChI is InChI=1S/C4H7Br2OP/c5-8(6,7)4-2-1-3-4/h4H,1-3H2. The highest BCUT2D eigenvalue weighted by molar-refractivity contribution is 9.70. The van der Waals surface area contributed by atoms with Crippen LogP contribution >= 0.6 is 35.5 Å². The second-order valence-corrected chi connectivity index (χ2v) is 13.0. The van der Waals surface area contributed by atoms with Gasteiger partial charge in [0.25, 0.3) is 0 Å². The Balaban J connectivity index is 2.46. The Morgan fingerprint density at radius 1 is 1.38 bits per heavy atom. The third-order valence-corrected chi connectivity index (χ3v) is 6.34. The second-order valence-electron chi connectivity index (χ2n) is 2.09. The van der Waals surface area contributed by atoms with Crippen molar-refractivity contribution in [1.82, 2.24) is 0 Å². The van der Waals surface area contributed by atoms with Crippen molar-refractivity contribution < 1.29 is 4.57 Å². The van der Waals surface area contributed by atoms with Crippen LogP contribution in [0.3, 0.4) is 0 Å². The molecule has 0 N–H and O–H groups in total. The molecule has 0 radical (unpaired) electrons. The van der Waals surface area contributed by atoms with Gasteiger partial charge in [0.05, 0.1) is 0 Å². The minimum absolute atomic E-state index is 0.419. The van der Waals surface area contributed by atoms with E-state index in [4.69, 9.17) is 0 Å². The molecule has 4 heteroatoms. The molecule has 1 saturated carbocycles. The molecule has 1 fully saturated rings. The van der Waals surface area contributed by atoms with Crippen LogP contribution in [-0.2, 0) is 4.57 Å². The summed E-state index contributed by atoms with van der Waals surface area (Å²) in [6, 6.07) is 0. The van der Waals surface area contributed by atoms with Gasteiger partial charge in [-0.25, -0.2) is 0 Å². The highest BCUT2D eigenvalue weighted by Gasteiger charge is 2.32. The highest BCUT2D eigenvalue weighted by atomic mass is 79.9. The van der Waals surface area contributed by atoms with Crippen molar-refractivity contribution in [3.05, 3.63) is 0 Å². The zero-order chi connectivity index (χ0) is 6.20. The predicted molar refractivity (Wildman–Crippen MR) is 43.1 cm³/mol. The van der Waals surface area contributed by atoms with E-state index in [0.717, 1.165) is 12.8 Å². The van der Waals surface area contributed by atoms with Crippen molar-refractivity contribution in [2.75, 3.05) is 0 Å². The average Bonchev–Trinajstić information content (AvgIpc) is 1.16. The van der Waals surface area contributed by atoms with E-state index < -0.39 is 4.55 Å². The lowest BCUT2D eigenvalue weighted by Crippen LogP contribution is -2.13. The van der Waals surface area contributed by atoms with E-state index in [-0.39, 0.29) is 0 Å². The van der Waals surface area contributed by atoms with Gasteiger partial charge in [0.1, 0.15) is 0 Å². The first-order valence-corrected chi connectivity index (χ1v) is 8.41. The zero-order valence-electron chi connectivity index (χ0n) is 4.31. The molecule has 1 aliphatic carbocycles. The molecule has 0 saturated heterocycles. The van der Waals surface area contributed by atoms with Crippen LogP contribution in [0.4, 0.5) is 0 Å². The van der Waals surface area contributed by atoms with Crippen LogP contribution < -0.4 is 0 Å². The van der Waals surface area contributed by atoms with Gasteiger partial charge in [-0.1, -0.05) is 6.42 Å². The fraction of sp³-hybridized carbons (Fsp3) is 1.00. The number of rotatable bonds is 1. The molecular weight excluding hydrogens is 255 g/mol. The van der Waals surface area contributed by atoms with Crippen LogP contribution in [0.25, 0.3) is 0 Å². The smallest absolute Gasteiger partial charge is 0.211 e. The molecule has 0 aliphatic heterocycles. The molecule has 1 nitrogen and oxygen atoms in total. The Kier molecular flexibility index (Phi) is 2.22. The predicted octanol–water partition coefficient (Wildman–Crippen LogP) is 3.52. The van der Waals surface area contributed by atoms with Crippen LogP contribution in [0.5, 0.6) is 0 Å². The van der Waals surface area contributed by atoms with Crippen molar-refractivity contribution in [3.8, 4) is 0 Å². The maximum Gasteiger partial charge on any atom is 0.211 e. The molecule has 0 bridgehead atoms. The molecule has 0 heterocycles. The van der Waals surface area contributed by atoms with Crippen molar-refractivity contribution in [2.24, 2.45) is 0 Å². The van der Waals surface area contributed by atoms with E-state index in [0.29, 0.717) is 5.66 Å². The maximum atomic E-state index is 11.0. The lowest BCUT2D eigenvalue weighted by atomic mass is 10.00. The molecule has 0 unspecified atom stereocenters. The number of hydrogen-bond donors (Lipinski definition) is 0. The summed E-state index contributed by atoms with van der Waals surface area (Å²) in [5.74, 6) is 0. The molecule has 1 rings (SSSR count). The molecular formula is C4H7Br2OP. The molecule has 0 aromatic heterocycles. The van der Waals surface area contributed by atoms with Gasteiger partial charge in [0.2, 0.25) is 4.55 Å². The lowest BCUT2D eigenvalue weighted by molar-refractivity contribution is 0.492. The van der Waals surface area contributed by atoms with Gasteiger partial charge in [-0.15, -0.1) is 0 Å². The van der Waals surface area contributed by atoms with Gasteiger partial charge in [0.15, 0.2) is 0 Å². The third-order valence-electron chi connectivity index (χ3n) is 1.50.